The molecule has 3 aromatic rings. The molecule has 1 fully saturated rings. The third-order valence-corrected chi connectivity index (χ3v) is 6.48. The Morgan fingerprint density at radius 1 is 0.906 bits per heavy atom. The van der Waals surface area contributed by atoms with E-state index >= 15 is 0 Å². The standard InChI is InChI=1S/C26H32N6/c1-30(18-21-10-4-2-5-11-21)26-28-24-13-17-31(19-22-12-6-7-14-27-22)20-23(24)25(29-26)32-15-8-3-9-16-32/h2,4-7,10-12,14H,3,8-9,13,15-20H2,1H3. The lowest BCUT2D eigenvalue weighted by Gasteiger charge is -2.35. The summed E-state index contributed by atoms with van der Waals surface area (Å²) >= 11 is 0. The molecule has 4 heterocycles. The van der Waals surface area contributed by atoms with Crippen LogP contribution in [0.3, 0.4) is 0 Å². The Balaban J connectivity index is 1.43. The van der Waals surface area contributed by atoms with Gasteiger partial charge < -0.3 is 9.80 Å². The summed E-state index contributed by atoms with van der Waals surface area (Å²) in [6, 6.07) is 16.7. The molecular formula is C26H32N6. The van der Waals surface area contributed by atoms with Crippen LogP contribution in [0.25, 0.3) is 0 Å². The van der Waals surface area contributed by atoms with Gasteiger partial charge in [-0.3, -0.25) is 9.88 Å². The van der Waals surface area contributed by atoms with Crippen molar-refractivity contribution in [2.45, 2.75) is 45.3 Å². The van der Waals surface area contributed by atoms with Crippen molar-refractivity contribution in [1.29, 1.82) is 0 Å². The van der Waals surface area contributed by atoms with Crippen LogP contribution in [0, 0.1) is 0 Å². The first kappa shape index (κ1) is 20.9. The number of hydrogen-bond donors (Lipinski definition) is 0. The molecule has 2 aliphatic rings. The van der Waals surface area contributed by atoms with Crippen molar-refractivity contribution in [2.24, 2.45) is 0 Å². The van der Waals surface area contributed by atoms with Crippen molar-refractivity contribution in [2.75, 3.05) is 36.5 Å². The minimum Gasteiger partial charge on any atom is -0.356 e. The predicted octanol–water partition coefficient (Wildman–Crippen LogP) is 4.06. The molecule has 0 saturated carbocycles. The number of nitrogens with zero attached hydrogens (tertiary/aromatic N) is 6. The molecule has 0 amide bonds. The maximum atomic E-state index is 5.15. The Bertz CT molecular complexity index is 1020. The van der Waals surface area contributed by atoms with E-state index < -0.39 is 0 Å². The Hall–Kier alpha value is -2.99. The van der Waals surface area contributed by atoms with Crippen LogP contribution in [0.5, 0.6) is 0 Å². The van der Waals surface area contributed by atoms with Crippen molar-refractivity contribution in [3.05, 3.63) is 77.2 Å². The zero-order valence-electron chi connectivity index (χ0n) is 19.0. The van der Waals surface area contributed by atoms with Gasteiger partial charge in [-0.15, -0.1) is 0 Å². The van der Waals surface area contributed by atoms with E-state index in [1.54, 1.807) is 0 Å². The lowest BCUT2D eigenvalue weighted by Crippen LogP contribution is -2.37. The number of hydrogen-bond acceptors (Lipinski definition) is 6. The van der Waals surface area contributed by atoms with Gasteiger partial charge in [0, 0.05) is 64.5 Å². The first-order valence-electron chi connectivity index (χ1n) is 11.8. The smallest absolute Gasteiger partial charge is 0.227 e. The van der Waals surface area contributed by atoms with E-state index in [1.807, 2.05) is 12.3 Å². The fraction of sp³-hybridized carbons (Fsp3) is 0.423. The average molecular weight is 429 g/mol. The van der Waals surface area contributed by atoms with E-state index in [1.165, 1.54) is 36.1 Å². The predicted molar refractivity (Wildman–Crippen MR) is 129 cm³/mol. The number of piperidine rings is 1. The maximum Gasteiger partial charge on any atom is 0.227 e. The quantitative estimate of drug-likeness (QED) is 0.590. The number of fused-ring (bicyclic) bond motifs is 1. The minimum atomic E-state index is 0.810. The van der Waals surface area contributed by atoms with Crippen LogP contribution in [0.2, 0.25) is 0 Å². The molecule has 0 bridgehead atoms. The maximum absolute atomic E-state index is 5.15. The highest BCUT2D eigenvalue weighted by Crippen LogP contribution is 2.31. The molecule has 2 aliphatic heterocycles. The second-order valence-corrected chi connectivity index (χ2v) is 8.94. The zero-order chi connectivity index (χ0) is 21.8. The largest absolute Gasteiger partial charge is 0.356 e. The van der Waals surface area contributed by atoms with Crippen LogP contribution >= 0.6 is 0 Å². The molecule has 166 valence electrons. The lowest BCUT2D eigenvalue weighted by molar-refractivity contribution is 0.240. The number of benzene rings is 1. The summed E-state index contributed by atoms with van der Waals surface area (Å²) in [6.07, 6.45) is 6.63. The fourth-order valence-electron chi connectivity index (χ4n) is 4.76. The van der Waals surface area contributed by atoms with E-state index in [0.717, 1.165) is 63.1 Å². The van der Waals surface area contributed by atoms with Crippen molar-refractivity contribution < 1.29 is 0 Å². The summed E-state index contributed by atoms with van der Waals surface area (Å²) in [4.78, 5) is 21.9. The molecule has 1 aromatic carbocycles. The van der Waals surface area contributed by atoms with Gasteiger partial charge in [0.25, 0.3) is 0 Å². The van der Waals surface area contributed by atoms with Crippen LogP contribution in [0.4, 0.5) is 11.8 Å². The molecule has 0 unspecified atom stereocenters. The fourth-order valence-corrected chi connectivity index (χ4v) is 4.76. The number of aromatic nitrogens is 3. The molecule has 6 heteroatoms. The molecule has 2 aromatic heterocycles. The highest BCUT2D eigenvalue weighted by Gasteiger charge is 2.27. The van der Waals surface area contributed by atoms with Gasteiger partial charge in [-0.25, -0.2) is 4.98 Å². The van der Waals surface area contributed by atoms with Gasteiger partial charge in [0.15, 0.2) is 0 Å². The normalized spacial score (nSPS) is 16.6. The van der Waals surface area contributed by atoms with Gasteiger partial charge >= 0.3 is 0 Å². The van der Waals surface area contributed by atoms with E-state index in [9.17, 15) is 0 Å². The van der Waals surface area contributed by atoms with Gasteiger partial charge in [-0.05, 0) is 37.0 Å². The molecule has 0 spiro atoms. The van der Waals surface area contributed by atoms with Gasteiger partial charge in [-0.1, -0.05) is 36.4 Å². The van der Waals surface area contributed by atoms with E-state index in [4.69, 9.17) is 9.97 Å². The lowest BCUT2D eigenvalue weighted by atomic mass is 10.0. The molecular weight excluding hydrogens is 396 g/mol. The summed E-state index contributed by atoms with van der Waals surface area (Å²) < 4.78 is 0. The summed E-state index contributed by atoms with van der Waals surface area (Å²) in [6.45, 7) is 5.75. The minimum absolute atomic E-state index is 0.810. The molecule has 1 saturated heterocycles. The van der Waals surface area contributed by atoms with E-state index in [-0.39, 0.29) is 0 Å². The van der Waals surface area contributed by atoms with Crippen molar-refractivity contribution in [1.82, 2.24) is 19.9 Å². The summed E-state index contributed by atoms with van der Waals surface area (Å²) in [5.74, 6) is 1.99. The second kappa shape index (κ2) is 9.65. The number of rotatable bonds is 6. The van der Waals surface area contributed by atoms with Crippen LogP contribution < -0.4 is 9.80 Å². The first-order chi connectivity index (χ1) is 15.8. The molecule has 0 atom stereocenters. The highest BCUT2D eigenvalue weighted by molar-refractivity contribution is 5.54. The molecule has 0 radical (unpaired) electrons. The van der Waals surface area contributed by atoms with Crippen LogP contribution in [0.1, 0.15) is 41.8 Å². The third-order valence-electron chi connectivity index (χ3n) is 6.48. The number of anilines is 2. The highest BCUT2D eigenvalue weighted by atomic mass is 15.3. The third kappa shape index (κ3) is 4.75. The monoisotopic (exact) mass is 428 g/mol. The van der Waals surface area contributed by atoms with Gasteiger partial charge in [0.1, 0.15) is 5.82 Å². The van der Waals surface area contributed by atoms with E-state index in [2.05, 4.69) is 69.2 Å². The Labute approximate surface area is 190 Å². The summed E-state index contributed by atoms with van der Waals surface area (Å²) in [5.41, 5.74) is 4.92. The van der Waals surface area contributed by atoms with Crippen LogP contribution in [-0.4, -0.2) is 46.5 Å². The van der Waals surface area contributed by atoms with Gasteiger partial charge in [-0.2, -0.15) is 4.98 Å². The summed E-state index contributed by atoms with van der Waals surface area (Å²) in [7, 11) is 2.10. The van der Waals surface area contributed by atoms with Crippen LogP contribution in [-0.2, 0) is 26.1 Å². The average Bonchev–Trinajstić information content (AvgIpc) is 2.85. The molecule has 32 heavy (non-hydrogen) atoms. The molecule has 6 nitrogen and oxygen atoms in total. The Kier molecular flexibility index (Phi) is 6.30. The zero-order valence-corrected chi connectivity index (χ0v) is 19.0. The Morgan fingerprint density at radius 2 is 1.72 bits per heavy atom. The van der Waals surface area contributed by atoms with Crippen molar-refractivity contribution >= 4 is 11.8 Å². The van der Waals surface area contributed by atoms with Crippen molar-refractivity contribution in [3.63, 3.8) is 0 Å². The first-order valence-corrected chi connectivity index (χ1v) is 11.8. The SMILES string of the molecule is CN(Cc1ccccc1)c1nc2c(c(N3CCCCC3)n1)CN(Cc1ccccn1)CC2. The summed E-state index contributed by atoms with van der Waals surface area (Å²) in [5, 5.41) is 0. The number of pyridine rings is 1. The Morgan fingerprint density at radius 3 is 2.50 bits per heavy atom. The van der Waals surface area contributed by atoms with Gasteiger partial charge in [0.05, 0.1) is 11.4 Å². The second-order valence-electron chi connectivity index (χ2n) is 8.94. The van der Waals surface area contributed by atoms with Crippen LogP contribution in [0.15, 0.2) is 54.7 Å². The molecule has 0 N–H and O–H groups in total. The topological polar surface area (TPSA) is 48.4 Å². The van der Waals surface area contributed by atoms with Crippen molar-refractivity contribution in [3.8, 4) is 0 Å². The molecule has 5 rings (SSSR count). The molecule has 0 aliphatic carbocycles. The van der Waals surface area contributed by atoms with Gasteiger partial charge in [0.2, 0.25) is 5.95 Å². The van der Waals surface area contributed by atoms with E-state index in [0.29, 0.717) is 0 Å².